The number of nitrogens with zero attached hydrogens (tertiary/aromatic N) is 1. The summed E-state index contributed by atoms with van der Waals surface area (Å²) in [6.07, 6.45) is 5.88. The van der Waals surface area contributed by atoms with Crippen molar-refractivity contribution in [3.8, 4) is 0 Å². The predicted octanol–water partition coefficient (Wildman–Crippen LogP) is 0.878. The average molecular weight is 489 g/mol. The average Bonchev–Trinajstić information content (AvgIpc) is 2.71. The molecule has 0 aromatic heterocycles. The second-order valence-corrected chi connectivity index (χ2v) is 7.93. The molecular weight excluding hydrogens is 453 g/mol. The van der Waals surface area contributed by atoms with E-state index in [1.807, 2.05) is 30.3 Å². The van der Waals surface area contributed by atoms with Crippen molar-refractivity contribution < 1.29 is 43.1 Å². The third kappa shape index (κ3) is 6.16. The molecule has 154 valence electrons. The molecule has 1 atom stereocenters. The highest BCUT2D eigenvalue weighted by Crippen LogP contribution is 2.40. The van der Waals surface area contributed by atoms with Gasteiger partial charge >= 0.3 is 5.97 Å². The van der Waals surface area contributed by atoms with Crippen LogP contribution in [0.1, 0.15) is 57.9 Å². The van der Waals surface area contributed by atoms with E-state index in [4.69, 9.17) is 4.74 Å². The quantitative estimate of drug-likeness (QED) is 0.243. The van der Waals surface area contributed by atoms with E-state index in [1.165, 1.54) is 6.42 Å². The zero-order valence-corrected chi connectivity index (χ0v) is 19.3. The maximum absolute atomic E-state index is 13.0. The Kier molecular flexibility index (Phi) is 10.3. The molecule has 1 unspecified atom stereocenters. The highest BCUT2D eigenvalue weighted by molar-refractivity contribution is 5.81. The Balaban J connectivity index is 0.00000364. The number of aliphatic hydroxyl groups is 1. The fourth-order valence-electron chi connectivity index (χ4n) is 3.99. The van der Waals surface area contributed by atoms with Crippen LogP contribution in [0, 0.1) is 5.92 Å². The Morgan fingerprint density at radius 2 is 1.74 bits per heavy atom. The van der Waals surface area contributed by atoms with Gasteiger partial charge < -0.3 is 38.3 Å². The number of halogens is 1. The molecule has 4 nitrogen and oxygen atoms in total. The molecular formula is C22H36INO3. The minimum Gasteiger partial charge on any atom is -1.00 e. The Bertz CT molecular complexity index is 556. The summed E-state index contributed by atoms with van der Waals surface area (Å²) in [4.78, 5) is 13.0. The summed E-state index contributed by atoms with van der Waals surface area (Å²) in [7, 11) is 2.23. The van der Waals surface area contributed by atoms with Crippen LogP contribution in [0.4, 0.5) is 0 Å². The van der Waals surface area contributed by atoms with Gasteiger partial charge in [-0.1, -0.05) is 49.6 Å². The standard InChI is InChI=1S/C22H36NO3.HI/c1-4-23(3,5-2)17-12-18-26-21(24)22(25,19-13-8-6-9-14-19)20-15-10-7-11-16-20;/h6,8-9,13-14,20,25H,4-5,7,10-12,15-18H2,1-3H3;1H/q+1;/p-1. The van der Waals surface area contributed by atoms with Crippen LogP contribution >= 0.6 is 0 Å². The minimum atomic E-state index is -1.52. The van der Waals surface area contributed by atoms with E-state index in [-0.39, 0.29) is 29.9 Å². The largest absolute Gasteiger partial charge is 1.00 e. The third-order valence-electron chi connectivity index (χ3n) is 6.32. The molecule has 0 spiro atoms. The summed E-state index contributed by atoms with van der Waals surface area (Å²) in [5, 5.41) is 11.4. The van der Waals surface area contributed by atoms with Gasteiger partial charge in [0.1, 0.15) is 0 Å². The topological polar surface area (TPSA) is 46.5 Å². The van der Waals surface area contributed by atoms with Crippen molar-refractivity contribution in [1.29, 1.82) is 0 Å². The number of carbonyl (C=O) groups is 1. The predicted molar refractivity (Wildman–Crippen MR) is 105 cm³/mol. The van der Waals surface area contributed by atoms with Crippen molar-refractivity contribution in [2.45, 2.75) is 58.0 Å². The maximum Gasteiger partial charge on any atom is 0.343 e. The van der Waals surface area contributed by atoms with Crippen molar-refractivity contribution in [3.05, 3.63) is 35.9 Å². The fraction of sp³-hybridized carbons (Fsp3) is 0.682. The first-order chi connectivity index (χ1) is 12.5. The molecule has 1 fully saturated rings. The second-order valence-electron chi connectivity index (χ2n) is 7.93. The smallest absolute Gasteiger partial charge is 0.343 e. The van der Waals surface area contributed by atoms with Gasteiger partial charge in [-0.3, -0.25) is 0 Å². The molecule has 0 radical (unpaired) electrons. The summed E-state index contributed by atoms with van der Waals surface area (Å²) >= 11 is 0. The van der Waals surface area contributed by atoms with Crippen molar-refractivity contribution >= 4 is 5.97 Å². The maximum atomic E-state index is 13.0. The normalized spacial score (nSPS) is 17.6. The van der Waals surface area contributed by atoms with Gasteiger partial charge in [-0.2, -0.15) is 0 Å². The molecule has 1 N–H and O–H groups in total. The molecule has 27 heavy (non-hydrogen) atoms. The Labute approximate surface area is 181 Å². The first-order valence-electron chi connectivity index (χ1n) is 10.2. The van der Waals surface area contributed by atoms with Crippen LogP contribution in [0.3, 0.4) is 0 Å². The van der Waals surface area contributed by atoms with Crippen LogP contribution in [0.5, 0.6) is 0 Å². The van der Waals surface area contributed by atoms with Crippen LogP contribution in [0.15, 0.2) is 30.3 Å². The third-order valence-corrected chi connectivity index (χ3v) is 6.32. The summed E-state index contributed by atoms with van der Waals surface area (Å²) in [6, 6.07) is 9.35. The molecule has 1 aliphatic carbocycles. The highest BCUT2D eigenvalue weighted by atomic mass is 127. The fourth-order valence-corrected chi connectivity index (χ4v) is 3.99. The molecule has 0 saturated heterocycles. The summed E-state index contributed by atoms with van der Waals surface area (Å²) in [5.41, 5.74) is -0.852. The van der Waals surface area contributed by atoms with Gasteiger partial charge in [0.25, 0.3) is 0 Å². The number of hydrogen-bond acceptors (Lipinski definition) is 3. The van der Waals surface area contributed by atoms with Crippen LogP contribution in [0.25, 0.3) is 0 Å². The first kappa shape index (κ1) is 24.4. The Morgan fingerprint density at radius 3 is 2.30 bits per heavy atom. The summed E-state index contributed by atoms with van der Waals surface area (Å²) < 4.78 is 6.58. The number of carbonyl (C=O) groups excluding carboxylic acids is 1. The van der Waals surface area contributed by atoms with Crippen molar-refractivity contribution in [2.75, 3.05) is 33.3 Å². The van der Waals surface area contributed by atoms with E-state index in [9.17, 15) is 9.90 Å². The lowest BCUT2D eigenvalue weighted by atomic mass is 9.73. The molecule has 1 aliphatic rings. The number of quaternary nitrogens is 1. The monoisotopic (exact) mass is 489 g/mol. The van der Waals surface area contributed by atoms with Gasteiger partial charge in [0, 0.05) is 12.3 Å². The van der Waals surface area contributed by atoms with Crippen LogP contribution in [0.2, 0.25) is 0 Å². The molecule has 0 bridgehead atoms. The summed E-state index contributed by atoms with van der Waals surface area (Å²) in [5.74, 6) is -0.531. The van der Waals surface area contributed by atoms with E-state index >= 15 is 0 Å². The molecule has 5 heteroatoms. The van der Waals surface area contributed by atoms with E-state index in [0.717, 1.165) is 56.2 Å². The summed E-state index contributed by atoms with van der Waals surface area (Å²) in [6.45, 7) is 7.86. The molecule has 1 aromatic carbocycles. The SMILES string of the molecule is CC[N+](C)(CC)CCCOC(=O)C(O)(c1ccccc1)C1CCCCC1.[I-]. The lowest BCUT2D eigenvalue weighted by Gasteiger charge is -2.37. The second kappa shape index (κ2) is 11.4. The van der Waals surface area contributed by atoms with Gasteiger partial charge in [-0.05, 0) is 32.3 Å². The minimum absolute atomic E-state index is 0. The van der Waals surface area contributed by atoms with Gasteiger partial charge in [-0.25, -0.2) is 4.79 Å². The zero-order valence-electron chi connectivity index (χ0n) is 17.1. The van der Waals surface area contributed by atoms with Crippen molar-refractivity contribution in [2.24, 2.45) is 5.92 Å². The van der Waals surface area contributed by atoms with E-state index in [2.05, 4.69) is 20.9 Å². The number of ether oxygens (including phenoxy) is 1. The number of rotatable bonds is 9. The van der Waals surface area contributed by atoms with Crippen LogP contribution in [-0.2, 0) is 15.1 Å². The first-order valence-corrected chi connectivity index (χ1v) is 10.2. The van der Waals surface area contributed by atoms with Gasteiger partial charge in [-0.15, -0.1) is 0 Å². The lowest BCUT2D eigenvalue weighted by molar-refractivity contribution is -0.906. The van der Waals surface area contributed by atoms with Crippen LogP contribution < -0.4 is 24.0 Å². The molecule has 0 aliphatic heterocycles. The molecule has 1 saturated carbocycles. The molecule has 1 aromatic rings. The Morgan fingerprint density at radius 1 is 1.15 bits per heavy atom. The molecule has 0 amide bonds. The lowest BCUT2D eigenvalue weighted by Crippen LogP contribution is -3.00. The highest BCUT2D eigenvalue weighted by Gasteiger charge is 2.47. The zero-order chi connectivity index (χ0) is 19.0. The van der Waals surface area contributed by atoms with Crippen LogP contribution in [-0.4, -0.2) is 48.8 Å². The van der Waals surface area contributed by atoms with Gasteiger partial charge in [0.05, 0.1) is 33.3 Å². The van der Waals surface area contributed by atoms with E-state index < -0.39 is 11.6 Å². The van der Waals surface area contributed by atoms with Crippen molar-refractivity contribution in [3.63, 3.8) is 0 Å². The molecule has 0 heterocycles. The molecule has 2 rings (SSSR count). The number of esters is 1. The van der Waals surface area contributed by atoms with E-state index in [1.54, 1.807) is 0 Å². The van der Waals surface area contributed by atoms with Crippen molar-refractivity contribution in [1.82, 2.24) is 0 Å². The number of hydrogen-bond donors (Lipinski definition) is 1. The Hall–Kier alpha value is -0.660. The number of benzene rings is 1. The van der Waals surface area contributed by atoms with E-state index in [0.29, 0.717) is 12.2 Å². The van der Waals surface area contributed by atoms with Gasteiger partial charge in [0.15, 0.2) is 5.60 Å². The van der Waals surface area contributed by atoms with Gasteiger partial charge in [0.2, 0.25) is 0 Å².